The summed E-state index contributed by atoms with van der Waals surface area (Å²) in [5, 5.41) is 0. The summed E-state index contributed by atoms with van der Waals surface area (Å²) in [4.78, 5) is 14.0. The quantitative estimate of drug-likeness (QED) is 0.858. The van der Waals surface area contributed by atoms with Crippen molar-refractivity contribution in [3.8, 4) is 0 Å². The highest BCUT2D eigenvalue weighted by atomic mass is 19.4. The zero-order valence-corrected chi connectivity index (χ0v) is 10.1. The Morgan fingerprint density at radius 2 is 2.00 bits per heavy atom. The first-order valence-electron chi connectivity index (χ1n) is 5.84. The summed E-state index contributed by atoms with van der Waals surface area (Å²) >= 11 is 0. The van der Waals surface area contributed by atoms with Gasteiger partial charge in [-0.05, 0) is 18.6 Å². The van der Waals surface area contributed by atoms with Crippen molar-refractivity contribution in [3.63, 3.8) is 0 Å². The number of hydrogen-bond donors (Lipinski definition) is 1. The standard InChI is InChI=1S/C12H12F4N2O/c1-2-3-6-18-10-8(17-11(18)19)5-4-7(13)9(10)12(14,15)16/h4-5H,2-3,6H2,1H3,(H,17,19). The van der Waals surface area contributed by atoms with E-state index in [0.717, 1.165) is 17.1 Å². The van der Waals surface area contributed by atoms with Gasteiger partial charge in [-0.15, -0.1) is 0 Å². The van der Waals surface area contributed by atoms with Gasteiger partial charge in [-0.25, -0.2) is 9.18 Å². The van der Waals surface area contributed by atoms with Crippen LogP contribution in [0.2, 0.25) is 0 Å². The molecule has 0 spiro atoms. The van der Waals surface area contributed by atoms with Crippen LogP contribution >= 0.6 is 0 Å². The van der Waals surface area contributed by atoms with E-state index >= 15 is 0 Å². The normalized spacial score (nSPS) is 12.3. The molecule has 0 radical (unpaired) electrons. The van der Waals surface area contributed by atoms with Crippen LogP contribution < -0.4 is 5.69 Å². The maximum absolute atomic E-state index is 13.5. The molecule has 1 N–H and O–H groups in total. The zero-order valence-electron chi connectivity index (χ0n) is 10.1. The molecule has 0 fully saturated rings. The van der Waals surface area contributed by atoms with E-state index in [1.807, 2.05) is 6.92 Å². The molecule has 1 aromatic heterocycles. The van der Waals surface area contributed by atoms with Crippen molar-refractivity contribution in [1.82, 2.24) is 9.55 Å². The molecule has 7 heteroatoms. The number of nitrogens with zero attached hydrogens (tertiary/aromatic N) is 1. The lowest BCUT2D eigenvalue weighted by Gasteiger charge is -2.11. The molecule has 2 aromatic rings. The molecule has 3 nitrogen and oxygen atoms in total. The Kier molecular flexibility index (Phi) is 3.38. The smallest absolute Gasteiger partial charge is 0.306 e. The first kappa shape index (κ1) is 13.6. The van der Waals surface area contributed by atoms with Gasteiger partial charge >= 0.3 is 11.9 Å². The Labute approximate surface area is 105 Å². The van der Waals surface area contributed by atoms with Crippen LogP contribution in [0.5, 0.6) is 0 Å². The van der Waals surface area contributed by atoms with Crippen molar-refractivity contribution in [2.45, 2.75) is 32.5 Å². The second kappa shape index (κ2) is 4.71. The number of aryl methyl sites for hydroxylation is 1. The van der Waals surface area contributed by atoms with Crippen LogP contribution in [-0.2, 0) is 12.7 Å². The van der Waals surface area contributed by atoms with Gasteiger partial charge in [0.25, 0.3) is 0 Å². The second-order valence-electron chi connectivity index (χ2n) is 4.25. The molecule has 0 unspecified atom stereocenters. The molecule has 104 valence electrons. The lowest BCUT2D eigenvalue weighted by molar-refractivity contribution is -0.138. The maximum Gasteiger partial charge on any atom is 0.421 e. The Hall–Kier alpha value is -1.79. The minimum absolute atomic E-state index is 0.00479. The van der Waals surface area contributed by atoms with E-state index in [9.17, 15) is 22.4 Å². The number of fused-ring (bicyclic) bond motifs is 1. The molecule has 1 aromatic carbocycles. The van der Waals surface area contributed by atoms with Crippen LogP contribution in [0.15, 0.2) is 16.9 Å². The van der Waals surface area contributed by atoms with Crippen molar-refractivity contribution in [2.75, 3.05) is 0 Å². The Morgan fingerprint density at radius 1 is 1.32 bits per heavy atom. The van der Waals surface area contributed by atoms with Gasteiger partial charge in [0.2, 0.25) is 0 Å². The third-order valence-electron chi connectivity index (χ3n) is 2.90. The fourth-order valence-corrected chi connectivity index (χ4v) is 2.03. The van der Waals surface area contributed by atoms with Crippen LogP contribution in [-0.4, -0.2) is 9.55 Å². The maximum atomic E-state index is 13.5. The van der Waals surface area contributed by atoms with Crippen molar-refractivity contribution < 1.29 is 17.6 Å². The number of rotatable bonds is 3. The van der Waals surface area contributed by atoms with E-state index in [0.29, 0.717) is 12.5 Å². The van der Waals surface area contributed by atoms with E-state index in [2.05, 4.69) is 4.98 Å². The van der Waals surface area contributed by atoms with E-state index in [-0.39, 0.29) is 12.1 Å². The monoisotopic (exact) mass is 276 g/mol. The SMILES string of the molecule is CCCCn1c(=O)[nH]c2ccc(F)c(C(F)(F)F)c21. The summed E-state index contributed by atoms with van der Waals surface area (Å²) < 4.78 is 53.2. The largest absolute Gasteiger partial charge is 0.421 e. The second-order valence-corrected chi connectivity index (χ2v) is 4.25. The number of H-pyrrole nitrogens is 1. The number of aromatic nitrogens is 2. The predicted octanol–water partition coefficient (Wildman–Crippen LogP) is 3.29. The van der Waals surface area contributed by atoms with Crippen LogP contribution in [0.3, 0.4) is 0 Å². The summed E-state index contributed by atoms with van der Waals surface area (Å²) in [6.07, 6.45) is -3.58. The molecule has 0 aliphatic heterocycles. The molecule has 0 bridgehead atoms. The van der Waals surface area contributed by atoms with E-state index in [4.69, 9.17) is 0 Å². The first-order chi connectivity index (χ1) is 8.86. The van der Waals surface area contributed by atoms with Gasteiger partial charge in [0.05, 0.1) is 11.0 Å². The Balaban J connectivity index is 2.78. The summed E-state index contributed by atoms with van der Waals surface area (Å²) in [6, 6.07) is 1.86. The van der Waals surface area contributed by atoms with Crippen molar-refractivity contribution in [2.24, 2.45) is 0 Å². The lowest BCUT2D eigenvalue weighted by atomic mass is 10.1. The number of aromatic amines is 1. The molecular formula is C12H12F4N2O. The fourth-order valence-electron chi connectivity index (χ4n) is 2.03. The third-order valence-corrected chi connectivity index (χ3v) is 2.90. The molecule has 0 aliphatic rings. The molecule has 2 rings (SSSR count). The highest BCUT2D eigenvalue weighted by Crippen LogP contribution is 2.36. The van der Waals surface area contributed by atoms with Crippen molar-refractivity contribution in [1.29, 1.82) is 0 Å². The van der Waals surface area contributed by atoms with Crippen LogP contribution in [0.1, 0.15) is 25.3 Å². The number of halogens is 4. The molecule has 19 heavy (non-hydrogen) atoms. The molecule has 0 saturated carbocycles. The average Bonchev–Trinajstić information content (AvgIpc) is 2.61. The highest BCUT2D eigenvalue weighted by Gasteiger charge is 2.38. The van der Waals surface area contributed by atoms with Gasteiger partial charge in [0, 0.05) is 6.54 Å². The van der Waals surface area contributed by atoms with Crippen LogP contribution in [0.4, 0.5) is 17.6 Å². The summed E-state index contributed by atoms with van der Waals surface area (Å²) in [7, 11) is 0. The topological polar surface area (TPSA) is 37.8 Å². The van der Waals surface area contributed by atoms with Gasteiger partial charge in [-0.3, -0.25) is 4.57 Å². The molecule has 0 amide bonds. The van der Waals surface area contributed by atoms with E-state index in [1.54, 1.807) is 0 Å². The van der Waals surface area contributed by atoms with Gasteiger partial charge in [0.1, 0.15) is 11.4 Å². The number of imidazole rings is 1. The highest BCUT2D eigenvalue weighted by molar-refractivity contribution is 5.79. The summed E-state index contributed by atoms with van der Waals surface area (Å²) in [5.41, 5.74) is -2.46. The summed E-state index contributed by atoms with van der Waals surface area (Å²) in [5.74, 6) is -1.37. The molecule has 1 heterocycles. The van der Waals surface area contributed by atoms with E-state index in [1.165, 1.54) is 0 Å². The zero-order chi connectivity index (χ0) is 14.2. The Bertz CT molecular complexity index is 654. The average molecular weight is 276 g/mol. The number of nitrogens with one attached hydrogen (secondary N) is 1. The lowest BCUT2D eigenvalue weighted by Crippen LogP contribution is -2.19. The third kappa shape index (κ3) is 2.36. The number of benzene rings is 1. The summed E-state index contributed by atoms with van der Waals surface area (Å²) in [6.45, 7) is 1.98. The minimum atomic E-state index is -4.84. The van der Waals surface area contributed by atoms with Gasteiger partial charge in [-0.1, -0.05) is 13.3 Å². The van der Waals surface area contributed by atoms with Crippen molar-refractivity contribution >= 4 is 11.0 Å². The number of alkyl halides is 3. The van der Waals surface area contributed by atoms with Gasteiger partial charge in [-0.2, -0.15) is 13.2 Å². The molecule has 0 atom stereocenters. The van der Waals surface area contributed by atoms with Crippen LogP contribution in [0.25, 0.3) is 11.0 Å². The van der Waals surface area contributed by atoms with Gasteiger partial charge in [0.15, 0.2) is 0 Å². The number of hydrogen-bond acceptors (Lipinski definition) is 1. The molecular weight excluding hydrogens is 264 g/mol. The number of unbranched alkanes of at least 4 members (excludes halogenated alkanes) is 1. The van der Waals surface area contributed by atoms with Gasteiger partial charge < -0.3 is 4.98 Å². The minimum Gasteiger partial charge on any atom is -0.306 e. The predicted molar refractivity (Wildman–Crippen MR) is 62.4 cm³/mol. The Morgan fingerprint density at radius 3 is 2.58 bits per heavy atom. The molecule has 0 saturated heterocycles. The van der Waals surface area contributed by atoms with Crippen LogP contribution in [0, 0.1) is 5.82 Å². The first-order valence-corrected chi connectivity index (χ1v) is 5.84. The fraction of sp³-hybridized carbons (Fsp3) is 0.417. The van der Waals surface area contributed by atoms with Crippen molar-refractivity contribution in [3.05, 3.63) is 34.0 Å². The molecule has 0 aliphatic carbocycles. The van der Waals surface area contributed by atoms with E-state index < -0.39 is 28.8 Å².